The molecule has 19 heavy (non-hydrogen) atoms. The van der Waals surface area contributed by atoms with Crippen molar-refractivity contribution in [1.82, 2.24) is 4.98 Å². The lowest BCUT2D eigenvalue weighted by Crippen LogP contribution is -2.05. The SMILES string of the molecule is COc1ncccc1C(O)Cc1cc(F)cc(F)c1. The molecular formula is C14H13F2NO2. The van der Waals surface area contributed by atoms with E-state index in [1.807, 2.05) is 0 Å². The van der Waals surface area contributed by atoms with Gasteiger partial charge in [0.15, 0.2) is 0 Å². The van der Waals surface area contributed by atoms with Gasteiger partial charge in [-0.1, -0.05) is 0 Å². The molecule has 0 saturated carbocycles. The minimum Gasteiger partial charge on any atom is -0.481 e. The Kier molecular flexibility index (Phi) is 4.06. The van der Waals surface area contributed by atoms with E-state index in [9.17, 15) is 13.9 Å². The molecule has 2 rings (SSSR count). The fourth-order valence-electron chi connectivity index (χ4n) is 1.89. The van der Waals surface area contributed by atoms with E-state index >= 15 is 0 Å². The van der Waals surface area contributed by atoms with Gasteiger partial charge >= 0.3 is 0 Å². The number of aromatic nitrogens is 1. The van der Waals surface area contributed by atoms with E-state index in [1.165, 1.54) is 25.4 Å². The number of hydrogen-bond acceptors (Lipinski definition) is 3. The fourth-order valence-corrected chi connectivity index (χ4v) is 1.89. The van der Waals surface area contributed by atoms with Crippen LogP contribution in [0.1, 0.15) is 17.2 Å². The molecule has 5 heteroatoms. The fraction of sp³-hybridized carbons (Fsp3) is 0.214. The lowest BCUT2D eigenvalue weighted by molar-refractivity contribution is 0.172. The van der Waals surface area contributed by atoms with Crippen molar-refractivity contribution in [2.45, 2.75) is 12.5 Å². The number of hydrogen-bond donors (Lipinski definition) is 1. The predicted octanol–water partition coefficient (Wildman–Crippen LogP) is 2.64. The molecule has 1 aromatic heterocycles. The van der Waals surface area contributed by atoms with Gasteiger partial charge in [0.25, 0.3) is 0 Å². The Morgan fingerprint density at radius 1 is 1.26 bits per heavy atom. The molecule has 0 amide bonds. The number of benzene rings is 1. The Morgan fingerprint density at radius 3 is 2.58 bits per heavy atom. The summed E-state index contributed by atoms with van der Waals surface area (Å²) in [7, 11) is 1.44. The quantitative estimate of drug-likeness (QED) is 0.924. The van der Waals surface area contributed by atoms with Crippen LogP contribution >= 0.6 is 0 Å². The van der Waals surface area contributed by atoms with Crippen LogP contribution in [0.25, 0.3) is 0 Å². The van der Waals surface area contributed by atoms with E-state index in [0.717, 1.165) is 6.07 Å². The van der Waals surface area contributed by atoms with E-state index in [2.05, 4.69) is 4.98 Å². The zero-order chi connectivity index (χ0) is 13.8. The molecule has 0 aliphatic heterocycles. The van der Waals surface area contributed by atoms with Crippen LogP contribution in [0.4, 0.5) is 8.78 Å². The largest absolute Gasteiger partial charge is 0.481 e. The van der Waals surface area contributed by atoms with Crippen molar-refractivity contribution in [3.8, 4) is 5.88 Å². The van der Waals surface area contributed by atoms with Gasteiger partial charge in [0.05, 0.1) is 13.2 Å². The second-order valence-electron chi connectivity index (χ2n) is 4.10. The first kappa shape index (κ1) is 13.4. The lowest BCUT2D eigenvalue weighted by atomic mass is 10.0. The second-order valence-corrected chi connectivity index (χ2v) is 4.10. The normalized spacial score (nSPS) is 12.2. The van der Waals surface area contributed by atoms with E-state index in [-0.39, 0.29) is 6.42 Å². The zero-order valence-corrected chi connectivity index (χ0v) is 10.3. The zero-order valence-electron chi connectivity index (χ0n) is 10.3. The number of rotatable bonds is 4. The van der Waals surface area contributed by atoms with Crippen molar-refractivity contribution in [2.24, 2.45) is 0 Å². The number of ether oxygens (including phenoxy) is 1. The highest BCUT2D eigenvalue weighted by molar-refractivity contribution is 5.30. The summed E-state index contributed by atoms with van der Waals surface area (Å²) in [6.45, 7) is 0. The van der Waals surface area contributed by atoms with Gasteiger partial charge in [-0.3, -0.25) is 0 Å². The van der Waals surface area contributed by atoms with E-state index in [0.29, 0.717) is 17.0 Å². The van der Waals surface area contributed by atoms with Gasteiger partial charge in [0.1, 0.15) is 11.6 Å². The van der Waals surface area contributed by atoms with Crippen LogP contribution in [0.2, 0.25) is 0 Å². The summed E-state index contributed by atoms with van der Waals surface area (Å²) < 4.78 is 31.2. The van der Waals surface area contributed by atoms with Crippen LogP contribution in [0.15, 0.2) is 36.5 Å². The Morgan fingerprint density at radius 2 is 1.95 bits per heavy atom. The lowest BCUT2D eigenvalue weighted by Gasteiger charge is -2.13. The smallest absolute Gasteiger partial charge is 0.218 e. The Balaban J connectivity index is 2.22. The number of aliphatic hydroxyl groups excluding tert-OH is 1. The standard InChI is InChI=1S/C14H13F2NO2/c1-19-14-12(3-2-4-17-14)13(18)7-9-5-10(15)8-11(16)6-9/h2-6,8,13,18H,7H2,1H3. The molecule has 1 heterocycles. The molecule has 0 saturated heterocycles. The van der Waals surface area contributed by atoms with E-state index in [4.69, 9.17) is 4.74 Å². The van der Waals surface area contributed by atoms with Crippen LogP contribution in [0.5, 0.6) is 5.88 Å². The van der Waals surface area contributed by atoms with Crippen LogP contribution < -0.4 is 4.74 Å². The first-order chi connectivity index (χ1) is 9.10. The molecule has 1 N–H and O–H groups in total. The number of nitrogens with zero attached hydrogens (tertiary/aromatic N) is 1. The third kappa shape index (κ3) is 3.26. The summed E-state index contributed by atoms with van der Waals surface area (Å²) in [4.78, 5) is 3.96. The van der Waals surface area contributed by atoms with Crippen molar-refractivity contribution in [2.75, 3.05) is 7.11 Å². The van der Waals surface area contributed by atoms with Crippen LogP contribution in [0.3, 0.4) is 0 Å². The molecule has 0 bridgehead atoms. The first-order valence-electron chi connectivity index (χ1n) is 5.72. The third-order valence-electron chi connectivity index (χ3n) is 2.70. The van der Waals surface area contributed by atoms with Crippen molar-refractivity contribution in [3.63, 3.8) is 0 Å². The molecule has 2 aromatic rings. The summed E-state index contributed by atoms with van der Waals surface area (Å²) in [5.74, 6) is -1.03. The maximum Gasteiger partial charge on any atom is 0.218 e. The second kappa shape index (κ2) is 5.75. The molecule has 100 valence electrons. The van der Waals surface area contributed by atoms with Crippen LogP contribution in [0, 0.1) is 11.6 Å². The number of methoxy groups -OCH3 is 1. The highest BCUT2D eigenvalue weighted by Crippen LogP contribution is 2.25. The average molecular weight is 265 g/mol. The van der Waals surface area contributed by atoms with Crippen LogP contribution in [-0.2, 0) is 6.42 Å². The summed E-state index contributed by atoms with van der Waals surface area (Å²) in [6.07, 6.45) is 0.679. The molecule has 0 aliphatic rings. The minimum absolute atomic E-state index is 0.0801. The topological polar surface area (TPSA) is 42.4 Å². The Labute approximate surface area is 109 Å². The Bertz CT molecular complexity index is 555. The Hall–Kier alpha value is -2.01. The van der Waals surface area contributed by atoms with Gasteiger partial charge in [-0.15, -0.1) is 0 Å². The summed E-state index contributed by atoms with van der Waals surface area (Å²) >= 11 is 0. The summed E-state index contributed by atoms with van der Waals surface area (Å²) in [6, 6.07) is 6.49. The monoisotopic (exact) mass is 265 g/mol. The van der Waals surface area contributed by atoms with Gasteiger partial charge in [-0.25, -0.2) is 13.8 Å². The maximum atomic E-state index is 13.1. The molecular weight excluding hydrogens is 252 g/mol. The van der Waals surface area contributed by atoms with Crippen molar-refractivity contribution in [3.05, 3.63) is 59.3 Å². The summed E-state index contributed by atoms with van der Waals surface area (Å²) in [5.41, 5.74) is 0.852. The van der Waals surface area contributed by atoms with Crippen molar-refractivity contribution < 1.29 is 18.6 Å². The third-order valence-corrected chi connectivity index (χ3v) is 2.70. The van der Waals surface area contributed by atoms with Gasteiger partial charge in [-0.2, -0.15) is 0 Å². The molecule has 0 aliphatic carbocycles. The molecule has 0 spiro atoms. The van der Waals surface area contributed by atoms with Crippen molar-refractivity contribution in [1.29, 1.82) is 0 Å². The van der Waals surface area contributed by atoms with Gasteiger partial charge in [-0.05, 0) is 29.8 Å². The minimum atomic E-state index is -0.940. The van der Waals surface area contributed by atoms with Crippen LogP contribution in [-0.4, -0.2) is 17.2 Å². The molecule has 0 fully saturated rings. The molecule has 1 aromatic carbocycles. The number of pyridine rings is 1. The maximum absolute atomic E-state index is 13.1. The van der Waals surface area contributed by atoms with Crippen molar-refractivity contribution >= 4 is 0 Å². The molecule has 0 radical (unpaired) electrons. The highest BCUT2D eigenvalue weighted by atomic mass is 19.1. The van der Waals surface area contributed by atoms with Gasteiger partial charge in [0, 0.05) is 24.2 Å². The van der Waals surface area contributed by atoms with E-state index < -0.39 is 17.7 Å². The first-order valence-corrected chi connectivity index (χ1v) is 5.72. The molecule has 1 unspecified atom stereocenters. The molecule has 1 atom stereocenters. The average Bonchev–Trinajstić information content (AvgIpc) is 2.37. The van der Waals surface area contributed by atoms with Gasteiger partial charge < -0.3 is 9.84 Å². The number of aliphatic hydroxyl groups is 1. The number of halogens is 2. The van der Waals surface area contributed by atoms with E-state index in [1.54, 1.807) is 12.1 Å². The highest BCUT2D eigenvalue weighted by Gasteiger charge is 2.15. The summed E-state index contributed by atoms with van der Waals surface area (Å²) in [5, 5.41) is 10.1. The predicted molar refractivity (Wildman–Crippen MR) is 65.8 cm³/mol. The van der Waals surface area contributed by atoms with Gasteiger partial charge in [0.2, 0.25) is 5.88 Å². The molecule has 3 nitrogen and oxygen atoms in total.